The van der Waals surface area contributed by atoms with Crippen LogP contribution in [-0.2, 0) is 6.18 Å². The van der Waals surface area contributed by atoms with E-state index in [-0.39, 0.29) is 34.4 Å². The van der Waals surface area contributed by atoms with Crippen molar-refractivity contribution in [3.8, 4) is 16.9 Å². The molecule has 20 heavy (non-hydrogen) atoms. The van der Waals surface area contributed by atoms with Crippen LogP contribution in [0.4, 0.5) is 19.1 Å². The minimum absolute atomic E-state index is 0.0921. The number of anilines is 1. The summed E-state index contributed by atoms with van der Waals surface area (Å²) in [5.74, 6) is -0.172. The van der Waals surface area contributed by atoms with E-state index in [1.54, 1.807) is 13.8 Å². The summed E-state index contributed by atoms with van der Waals surface area (Å²) in [6, 6.07) is 4.60. The molecule has 0 radical (unpaired) electrons. The van der Waals surface area contributed by atoms with E-state index in [0.29, 0.717) is 0 Å². The molecule has 3 N–H and O–H groups in total. The van der Waals surface area contributed by atoms with Crippen LogP contribution in [0.1, 0.15) is 31.1 Å². The third kappa shape index (κ3) is 2.45. The van der Waals surface area contributed by atoms with Gasteiger partial charge in [-0.15, -0.1) is 0 Å². The van der Waals surface area contributed by atoms with E-state index in [4.69, 9.17) is 10.2 Å². The lowest BCUT2D eigenvalue weighted by Gasteiger charge is -2.08. The molecule has 108 valence electrons. The molecule has 2 aromatic rings. The second-order valence-electron chi connectivity index (χ2n) is 4.79. The van der Waals surface area contributed by atoms with Crippen molar-refractivity contribution in [2.24, 2.45) is 0 Å². The van der Waals surface area contributed by atoms with Crippen LogP contribution in [0.2, 0.25) is 0 Å². The highest BCUT2D eigenvalue weighted by atomic mass is 19.4. The van der Waals surface area contributed by atoms with E-state index in [9.17, 15) is 18.3 Å². The lowest BCUT2D eigenvalue weighted by Crippen LogP contribution is -2.04. The van der Waals surface area contributed by atoms with E-state index >= 15 is 0 Å². The monoisotopic (exact) mass is 285 g/mol. The zero-order valence-corrected chi connectivity index (χ0v) is 11.0. The van der Waals surface area contributed by atoms with Gasteiger partial charge in [0.25, 0.3) is 0 Å². The summed E-state index contributed by atoms with van der Waals surface area (Å²) in [6.45, 7) is 3.57. The molecule has 0 aliphatic rings. The molecule has 0 saturated heterocycles. The van der Waals surface area contributed by atoms with Crippen LogP contribution in [-0.4, -0.2) is 5.11 Å². The molecule has 1 aromatic carbocycles. The Balaban J connectivity index is 2.58. The number of benzene rings is 1. The van der Waals surface area contributed by atoms with E-state index in [0.717, 1.165) is 12.1 Å². The Hall–Kier alpha value is -2.11. The van der Waals surface area contributed by atoms with Crippen molar-refractivity contribution >= 4 is 5.88 Å². The summed E-state index contributed by atoms with van der Waals surface area (Å²) < 4.78 is 43.3. The maximum absolute atomic E-state index is 12.7. The number of aromatic hydroxyl groups is 1. The Labute approximate surface area is 113 Å². The highest BCUT2D eigenvalue weighted by molar-refractivity contribution is 5.80. The van der Waals surface area contributed by atoms with Crippen LogP contribution in [0.25, 0.3) is 11.1 Å². The van der Waals surface area contributed by atoms with E-state index < -0.39 is 11.7 Å². The molecule has 0 aliphatic carbocycles. The average Bonchev–Trinajstić information content (AvgIpc) is 2.64. The molecular weight excluding hydrogens is 271 g/mol. The van der Waals surface area contributed by atoms with Crippen molar-refractivity contribution in [1.82, 2.24) is 0 Å². The third-order valence-electron chi connectivity index (χ3n) is 2.94. The number of rotatable bonds is 2. The summed E-state index contributed by atoms with van der Waals surface area (Å²) in [5.41, 5.74) is 5.13. The molecule has 0 unspecified atom stereocenters. The van der Waals surface area contributed by atoms with Gasteiger partial charge in [0.1, 0.15) is 0 Å². The summed E-state index contributed by atoms with van der Waals surface area (Å²) in [7, 11) is 0. The second-order valence-corrected chi connectivity index (χ2v) is 4.79. The highest BCUT2D eigenvalue weighted by Crippen LogP contribution is 2.44. The standard InChI is InChI=1S/C14H14F3NO2/c1-7(2)12-11(19)10(13(18)20-12)8-4-3-5-9(6-8)14(15,16)17/h3-7,19H,18H2,1-2H3. The van der Waals surface area contributed by atoms with Crippen LogP contribution < -0.4 is 5.73 Å². The van der Waals surface area contributed by atoms with Crippen molar-refractivity contribution in [3.63, 3.8) is 0 Å². The molecule has 0 fully saturated rings. The first-order chi connectivity index (χ1) is 9.21. The van der Waals surface area contributed by atoms with Crippen LogP contribution in [0.3, 0.4) is 0 Å². The van der Waals surface area contributed by atoms with Gasteiger partial charge >= 0.3 is 6.18 Å². The molecule has 0 spiro atoms. The number of alkyl halides is 3. The van der Waals surface area contributed by atoms with Gasteiger partial charge in [-0.2, -0.15) is 13.2 Å². The minimum atomic E-state index is -4.45. The topological polar surface area (TPSA) is 59.4 Å². The normalized spacial score (nSPS) is 12.1. The zero-order valence-electron chi connectivity index (χ0n) is 11.0. The fourth-order valence-corrected chi connectivity index (χ4v) is 1.98. The van der Waals surface area contributed by atoms with Crippen molar-refractivity contribution < 1.29 is 22.7 Å². The quantitative estimate of drug-likeness (QED) is 0.861. The van der Waals surface area contributed by atoms with Crippen molar-refractivity contribution in [2.75, 3.05) is 5.73 Å². The Bertz CT molecular complexity index is 630. The number of furan rings is 1. The zero-order chi connectivity index (χ0) is 15.1. The van der Waals surface area contributed by atoms with Gasteiger partial charge in [-0.1, -0.05) is 26.0 Å². The number of hydrogen-bond acceptors (Lipinski definition) is 3. The van der Waals surface area contributed by atoms with Crippen LogP contribution >= 0.6 is 0 Å². The van der Waals surface area contributed by atoms with Gasteiger partial charge in [-0.05, 0) is 17.7 Å². The Kier molecular flexibility index (Phi) is 3.41. The first-order valence-electron chi connectivity index (χ1n) is 6.00. The van der Waals surface area contributed by atoms with E-state index in [1.807, 2.05) is 0 Å². The predicted octanol–water partition coefficient (Wildman–Crippen LogP) is 4.38. The number of hydrogen-bond donors (Lipinski definition) is 2. The molecular formula is C14H14F3NO2. The fourth-order valence-electron chi connectivity index (χ4n) is 1.98. The maximum Gasteiger partial charge on any atom is 0.416 e. The van der Waals surface area contributed by atoms with Gasteiger partial charge in [-0.3, -0.25) is 0 Å². The largest absolute Gasteiger partial charge is 0.504 e. The first kappa shape index (κ1) is 14.3. The Morgan fingerprint density at radius 1 is 1.25 bits per heavy atom. The van der Waals surface area contributed by atoms with E-state index in [1.165, 1.54) is 12.1 Å². The van der Waals surface area contributed by atoms with Crippen molar-refractivity contribution in [2.45, 2.75) is 25.9 Å². The average molecular weight is 285 g/mol. The highest BCUT2D eigenvalue weighted by Gasteiger charge is 2.31. The second kappa shape index (κ2) is 4.77. The Morgan fingerprint density at radius 2 is 1.90 bits per heavy atom. The van der Waals surface area contributed by atoms with Crippen LogP contribution in [0.15, 0.2) is 28.7 Å². The molecule has 3 nitrogen and oxygen atoms in total. The van der Waals surface area contributed by atoms with Gasteiger partial charge in [0.2, 0.25) is 5.88 Å². The van der Waals surface area contributed by atoms with Gasteiger partial charge < -0.3 is 15.3 Å². The molecule has 1 aromatic heterocycles. The molecule has 0 atom stereocenters. The minimum Gasteiger partial charge on any atom is -0.504 e. The molecule has 0 aliphatic heterocycles. The third-order valence-corrected chi connectivity index (χ3v) is 2.94. The SMILES string of the molecule is CC(C)c1oc(N)c(-c2cccc(C(F)(F)F)c2)c1O. The summed E-state index contributed by atoms with van der Waals surface area (Å²) in [5, 5.41) is 10.1. The molecule has 6 heteroatoms. The van der Waals surface area contributed by atoms with Crippen molar-refractivity contribution in [3.05, 3.63) is 35.6 Å². The van der Waals surface area contributed by atoms with Crippen LogP contribution in [0.5, 0.6) is 5.75 Å². The smallest absolute Gasteiger partial charge is 0.416 e. The van der Waals surface area contributed by atoms with Crippen molar-refractivity contribution in [1.29, 1.82) is 0 Å². The summed E-state index contributed by atoms with van der Waals surface area (Å²) in [6.07, 6.45) is -4.45. The number of halogens is 3. The fraction of sp³-hybridized carbons (Fsp3) is 0.286. The van der Waals surface area contributed by atoms with Gasteiger partial charge in [0.05, 0.1) is 11.1 Å². The molecule has 0 amide bonds. The van der Waals surface area contributed by atoms with Gasteiger partial charge in [0, 0.05) is 5.92 Å². The van der Waals surface area contributed by atoms with Gasteiger partial charge in [-0.25, -0.2) is 0 Å². The summed E-state index contributed by atoms with van der Waals surface area (Å²) >= 11 is 0. The summed E-state index contributed by atoms with van der Waals surface area (Å²) in [4.78, 5) is 0. The lowest BCUT2D eigenvalue weighted by atomic mass is 10.0. The van der Waals surface area contributed by atoms with E-state index in [2.05, 4.69) is 0 Å². The number of nitrogens with two attached hydrogens (primary N) is 1. The van der Waals surface area contributed by atoms with Gasteiger partial charge in [0.15, 0.2) is 11.5 Å². The molecule has 0 bridgehead atoms. The Morgan fingerprint density at radius 3 is 2.40 bits per heavy atom. The molecule has 2 rings (SSSR count). The maximum atomic E-state index is 12.7. The number of nitrogen functional groups attached to an aromatic ring is 1. The molecule has 0 saturated carbocycles. The van der Waals surface area contributed by atoms with Crippen LogP contribution in [0, 0.1) is 0 Å². The molecule has 1 heterocycles. The first-order valence-corrected chi connectivity index (χ1v) is 6.00. The predicted molar refractivity (Wildman–Crippen MR) is 69.3 cm³/mol. The lowest BCUT2D eigenvalue weighted by molar-refractivity contribution is -0.137.